The first-order chi connectivity index (χ1) is 17.8. The smallest absolute Gasteiger partial charge is 0.0541 e. The number of aryl methyl sites for hydroxylation is 1. The molecule has 0 spiro atoms. The molecule has 7 rings (SSSR count). The topological polar surface area (TPSA) is 4.93 Å². The van der Waals surface area contributed by atoms with E-state index in [9.17, 15) is 0 Å². The average Bonchev–Trinajstić information content (AvgIpc) is 3.28. The molecule has 6 aromatic carbocycles. The van der Waals surface area contributed by atoms with E-state index in [0.717, 1.165) is 0 Å². The molecule has 0 N–H and O–H groups in total. The summed E-state index contributed by atoms with van der Waals surface area (Å²) < 4.78 is 2.36. The van der Waals surface area contributed by atoms with Gasteiger partial charge in [-0.25, -0.2) is 0 Å². The predicted octanol–water partition coefficient (Wildman–Crippen LogP) is 9.58. The summed E-state index contributed by atoms with van der Waals surface area (Å²) in [5.74, 6) is 0. The van der Waals surface area contributed by atoms with E-state index in [1.54, 1.807) is 0 Å². The quantitative estimate of drug-likeness (QED) is 0.248. The molecule has 1 aromatic heterocycles. The standard InChI is InChI=1S/C35H25N/c1-24-18-20-30(31-15-6-5-14-29(24)31)27-11-9-10-25(22-27)26-19-21-35-33(23-26)32-16-7-8-17-34(32)36(35)28-12-3-2-4-13-28/h2-23H,1H3. The van der Waals surface area contributed by atoms with Crippen LogP contribution in [0.3, 0.4) is 0 Å². The lowest BCUT2D eigenvalue weighted by Gasteiger charge is -2.11. The summed E-state index contributed by atoms with van der Waals surface area (Å²) in [6, 6.07) is 48.3. The van der Waals surface area contributed by atoms with Crippen molar-refractivity contribution in [1.82, 2.24) is 4.57 Å². The fraction of sp³-hybridized carbons (Fsp3) is 0.0286. The van der Waals surface area contributed by atoms with Gasteiger partial charge < -0.3 is 4.57 Å². The molecule has 0 aliphatic heterocycles. The molecule has 0 unspecified atom stereocenters. The number of hydrogen-bond acceptors (Lipinski definition) is 0. The zero-order valence-electron chi connectivity index (χ0n) is 20.1. The first-order valence-corrected chi connectivity index (χ1v) is 12.5. The number of para-hydroxylation sites is 2. The Bertz CT molecular complexity index is 1890. The largest absolute Gasteiger partial charge is 0.309 e. The molecule has 0 atom stereocenters. The van der Waals surface area contributed by atoms with Gasteiger partial charge in [-0.1, -0.05) is 97.1 Å². The first-order valence-electron chi connectivity index (χ1n) is 12.5. The summed E-state index contributed by atoms with van der Waals surface area (Å²) in [6.45, 7) is 2.18. The highest BCUT2D eigenvalue weighted by Crippen LogP contribution is 2.37. The van der Waals surface area contributed by atoms with Gasteiger partial charge in [0.25, 0.3) is 0 Å². The molecule has 7 aromatic rings. The van der Waals surface area contributed by atoms with Crippen molar-refractivity contribution < 1.29 is 0 Å². The first kappa shape index (κ1) is 20.7. The van der Waals surface area contributed by atoms with Crippen LogP contribution in [0.15, 0.2) is 133 Å². The zero-order chi connectivity index (χ0) is 24.1. The summed E-state index contributed by atoms with van der Waals surface area (Å²) >= 11 is 0. The molecule has 0 aliphatic carbocycles. The Hall–Kier alpha value is -4.62. The minimum absolute atomic E-state index is 1.18. The van der Waals surface area contributed by atoms with Crippen molar-refractivity contribution in [2.45, 2.75) is 6.92 Å². The number of fused-ring (bicyclic) bond motifs is 4. The van der Waals surface area contributed by atoms with E-state index in [4.69, 9.17) is 0 Å². The van der Waals surface area contributed by atoms with Gasteiger partial charge >= 0.3 is 0 Å². The maximum Gasteiger partial charge on any atom is 0.0541 e. The van der Waals surface area contributed by atoms with E-state index >= 15 is 0 Å². The fourth-order valence-electron chi connectivity index (χ4n) is 5.58. The summed E-state index contributed by atoms with van der Waals surface area (Å²) in [7, 11) is 0. The number of aromatic nitrogens is 1. The molecule has 1 heteroatoms. The third-order valence-electron chi connectivity index (χ3n) is 7.34. The molecule has 0 saturated carbocycles. The second-order valence-corrected chi connectivity index (χ2v) is 9.48. The van der Waals surface area contributed by atoms with Crippen molar-refractivity contribution in [3.63, 3.8) is 0 Å². The number of benzene rings is 6. The van der Waals surface area contributed by atoms with Gasteiger partial charge in [0.1, 0.15) is 0 Å². The Labute approximate surface area is 210 Å². The molecule has 0 aliphatic rings. The Kier molecular flexibility index (Phi) is 4.75. The Balaban J connectivity index is 1.41. The Morgan fingerprint density at radius 1 is 0.417 bits per heavy atom. The van der Waals surface area contributed by atoms with Crippen LogP contribution in [-0.4, -0.2) is 4.57 Å². The maximum atomic E-state index is 2.36. The minimum atomic E-state index is 1.18. The van der Waals surface area contributed by atoms with Gasteiger partial charge in [0.15, 0.2) is 0 Å². The lowest BCUT2D eigenvalue weighted by molar-refractivity contribution is 1.18. The minimum Gasteiger partial charge on any atom is -0.309 e. The molecular weight excluding hydrogens is 434 g/mol. The number of hydrogen-bond donors (Lipinski definition) is 0. The maximum absolute atomic E-state index is 2.36. The van der Waals surface area contributed by atoms with Crippen molar-refractivity contribution in [2.75, 3.05) is 0 Å². The van der Waals surface area contributed by atoms with Gasteiger partial charge in [0.2, 0.25) is 0 Å². The zero-order valence-corrected chi connectivity index (χ0v) is 20.1. The second kappa shape index (κ2) is 8.25. The summed E-state index contributed by atoms with van der Waals surface area (Å²) in [5, 5.41) is 5.17. The summed E-state index contributed by atoms with van der Waals surface area (Å²) in [5.41, 5.74) is 9.95. The average molecular weight is 460 g/mol. The van der Waals surface area contributed by atoms with Crippen LogP contribution in [0.4, 0.5) is 0 Å². The van der Waals surface area contributed by atoms with E-state index in [2.05, 4.69) is 145 Å². The molecule has 0 bridgehead atoms. The van der Waals surface area contributed by atoms with E-state index in [0.29, 0.717) is 0 Å². The predicted molar refractivity (Wildman–Crippen MR) is 154 cm³/mol. The van der Waals surface area contributed by atoms with Crippen LogP contribution in [0.5, 0.6) is 0 Å². The fourth-order valence-corrected chi connectivity index (χ4v) is 5.58. The van der Waals surface area contributed by atoms with Crippen LogP contribution in [0, 0.1) is 6.92 Å². The molecule has 170 valence electrons. The van der Waals surface area contributed by atoms with Crippen LogP contribution in [0.1, 0.15) is 5.56 Å². The third-order valence-corrected chi connectivity index (χ3v) is 7.34. The second-order valence-electron chi connectivity index (χ2n) is 9.48. The molecule has 36 heavy (non-hydrogen) atoms. The van der Waals surface area contributed by atoms with Crippen molar-refractivity contribution in [2.24, 2.45) is 0 Å². The summed E-state index contributed by atoms with van der Waals surface area (Å²) in [6.07, 6.45) is 0. The molecule has 0 saturated heterocycles. The molecular formula is C35H25N. The molecule has 0 radical (unpaired) electrons. The molecule has 0 fully saturated rings. The van der Waals surface area contributed by atoms with Crippen LogP contribution in [0.25, 0.3) is 60.5 Å². The highest BCUT2D eigenvalue weighted by molar-refractivity contribution is 6.10. The number of rotatable bonds is 3. The van der Waals surface area contributed by atoms with E-state index in [-0.39, 0.29) is 0 Å². The van der Waals surface area contributed by atoms with E-state index < -0.39 is 0 Å². The van der Waals surface area contributed by atoms with Crippen molar-refractivity contribution in [1.29, 1.82) is 0 Å². The van der Waals surface area contributed by atoms with Crippen molar-refractivity contribution in [3.8, 4) is 27.9 Å². The van der Waals surface area contributed by atoms with Gasteiger partial charge in [0.05, 0.1) is 11.0 Å². The lowest BCUT2D eigenvalue weighted by Crippen LogP contribution is -1.92. The monoisotopic (exact) mass is 459 g/mol. The van der Waals surface area contributed by atoms with Crippen LogP contribution in [0.2, 0.25) is 0 Å². The highest BCUT2D eigenvalue weighted by atomic mass is 15.0. The van der Waals surface area contributed by atoms with Gasteiger partial charge in [-0.2, -0.15) is 0 Å². The van der Waals surface area contributed by atoms with Gasteiger partial charge in [-0.05, 0) is 81.9 Å². The molecule has 1 nitrogen and oxygen atoms in total. The van der Waals surface area contributed by atoms with Crippen LogP contribution in [-0.2, 0) is 0 Å². The third kappa shape index (κ3) is 3.25. The lowest BCUT2D eigenvalue weighted by atomic mass is 9.93. The van der Waals surface area contributed by atoms with Gasteiger partial charge in [-0.15, -0.1) is 0 Å². The number of nitrogens with zero attached hydrogens (tertiary/aromatic N) is 1. The Morgan fingerprint density at radius 2 is 1.08 bits per heavy atom. The van der Waals surface area contributed by atoms with Crippen molar-refractivity contribution in [3.05, 3.63) is 139 Å². The normalized spacial score (nSPS) is 11.5. The van der Waals surface area contributed by atoms with Crippen LogP contribution >= 0.6 is 0 Å². The van der Waals surface area contributed by atoms with Crippen LogP contribution < -0.4 is 0 Å². The highest BCUT2D eigenvalue weighted by Gasteiger charge is 2.13. The SMILES string of the molecule is Cc1ccc(-c2cccc(-c3ccc4c(c3)c3ccccc3n4-c3ccccc3)c2)c2ccccc12. The van der Waals surface area contributed by atoms with E-state index in [1.165, 1.54) is 66.1 Å². The van der Waals surface area contributed by atoms with E-state index in [1.807, 2.05) is 0 Å². The Morgan fingerprint density at radius 3 is 1.94 bits per heavy atom. The summed E-state index contributed by atoms with van der Waals surface area (Å²) in [4.78, 5) is 0. The molecule has 0 amide bonds. The van der Waals surface area contributed by atoms with Gasteiger partial charge in [-0.3, -0.25) is 0 Å². The van der Waals surface area contributed by atoms with Gasteiger partial charge in [0, 0.05) is 16.5 Å². The molecule has 1 heterocycles. The van der Waals surface area contributed by atoms with Crippen molar-refractivity contribution >= 4 is 32.6 Å².